The molecule has 4 rings (SSSR count). The number of likely N-dealkylation sites (tertiary alicyclic amines) is 1. The summed E-state index contributed by atoms with van der Waals surface area (Å²) in [5, 5.41) is 3.01. The van der Waals surface area contributed by atoms with E-state index in [0.29, 0.717) is 18.7 Å². The number of ketones is 1. The van der Waals surface area contributed by atoms with Crippen LogP contribution >= 0.6 is 0 Å². The molecule has 1 spiro atoms. The highest BCUT2D eigenvalue weighted by molar-refractivity contribution is 6.12. The first-order chi connectivity index (χ1) is 11.9. The van der Waals surface area contributed by atoms with Crippen LogP contribution in [0.3, 0.4) is 0 Å². The number of carbonyl (C=O) groups is 2. The minimum Gasteiger partial charge on any atom is -0.325 e. The third-order valence-corrected chi connectivity index (χ3v) is 5.57. The average Bonchev–Trinajstić information content (AvgIpc) is 3.07. The fraction of sp³-hybridized carbons (Fsp3) is 0.333. The second kappa shape index (κ2) is 5.53. The molecular formula is C21H22N2O2. The van der Waals surface area contributed by atoms with E-state index in [4.69, 9.17) is 0 Å². The maximum atomic E-state index is 13.3. The minimum absolute atomic E-state index is 0.0499. The number of Topliss-reactive ketones (excluding diaryl/α,β-unsaturated/α-hetero) is 1. The predicted octanol–water partition coefficient (Wildman–Crippen LogP) is 2.94. The molecule has 0 saturated carbocycles. The second-order valence-electron chi connectivity index (χ2n) is 7.45. The van der Waals surface area contributed by atoms with Crippen molar-refractivity contribution in [2.24, 2.45) is 5.92 Å². The Morgan fingerprint density at radius 3 is 2.52 bits per heavy atom. The highest BCUT2D eigenvalue weighted by Gasteiger charge is 2.59. The number of nitrogens with one attached hydrogen (secondary N) is 1. The van der Waals surface area contributed by atoms with Crippen LogP contribution in [-0.4, -0.2) is 36.7 Å². The smallest absolute Gasteiger partial charge is 0.237 e. The van der Waals surface area contributed by atoms with Crippen LogP contribution in [0.1, 0.15) is 27.0 Å². The summed E-state index contributed by atoms with van der Waals surface area (Å²) in [4.78, 5) is 28.4. The van der Waals surface area contributed by atoms with E-state index >= 15 is 0 Å². The number of likely N-dealkylation sites (N-methyl/N-ethyl adjacent to an activating group) is 1. The van der Waals surface area contributed by atoms with Crippen LogP contribution in [0.2, 0.25) is 0 Å². The molecule has 2 heterocycles. The van der Waals surface area contributed by atoms with E-state index in [1.165, 1.54) is 0 Å². The van der Waals surface area contributed by atoms with Gasteiger partial charge in [-0.05, 0) is 32.5 Å². The molecule has 0 unspecified atom stereocenters. The van der Waals surface area contributed by atoms with Crippen LogP contribution in [-0.2, 0) is 10.2 Å². The zero-order valence-corrected chi connectivity index (χ0v) is 14.8. The van der Waals surface area contributed by atoms with Gasteiger partial charge in [-0.25, -0.2) is 0 Å². The molecule has 128 valence electrons. The van der Waals surface area contributed by atoms with E-state index in [0.717, 1.165) is 22.4 Å². The van der Waals surface area contributed by atoms with Crippen molar-refractivity contribution in [3.05, 3.63) is 64.7 Å². The van der Waals surface area contributed by atoms with E-state index < -0.39 is 5.41 Å². The zero-order valence-electron chi connectivity index (χ0n) is 14.8. The van der Waals surface area contributed by atoms with Gasteiger partial charge in [0.2, 0.25) is 5.91 Å². The van der Waals surface area contributed by atoms with E-state index in [-0.39, 0.29) is 17.6 Å². The first kappa shape index (κ1) is 16.0. The number of hydrogen-bond acceptors (Lipinski definition) is 3. The van der Waals surface area contributed by atoms with Crippen molar-refractivity contribution < 1.29 is 9.59 Å². The van der Waals surface area contributed by atoms with Gasteiger partial charge < -0.3 is 10.2 Å². The third-order valence-electron chi connectivity index (χ3n) is 5.57. The first-order valence-corrected chi connectivity index (χ1v) is 8.64. The summed E-state index contributed by atoms with van der Waals surface area (Å²) >= 11 is 0. The lowest BCUT2D eigenvalue weighted by atomic mass is 9.70. The monoisotopic (exact) mass is 334 g/mol. The van der Waals surface area contributed by atoms with Crippen LogP contribution in [0.15, 0.2) is 42.5 Å². The summed E-state index contributed by atoms with van der Waals surface area (Å²) < 4.78 is 0. The van der Waals surface area contributed by atoms with Crippen molar-refractivity contribution in [3.8, 4) is 0 Å². The molecule has 0 aromatic heterocycles. The fourth-order valence-corrected chi connectivity index (χ4v) is 4.29. The molecule has 2 aliphatic heterocycles. The molecule has 0 bridgehead atoms. The maximum absolute atomic E-state index is 13.3. The molecule has 1 fully saturated rings. The van der Waals surface area contributed by atoms with Gasteiger partial charge in [-0.15, -0.1) is 0 Å². The van der Waals surface area contributed by atoms with Crippen molar-refractivity contribution in [2.75, 3.05) is 25.5 Å². The Labute approximate surface area is 147 Å². The Morgan fingerprint density at radius 1 is 1.12 bits per heavy atom. The highest BCUT2D eigenvalue weighted by atomic mass is 16.2. The Morgan fingerprint density at radius 2 is 1.80 bits per heavy atom. The molecular weight excluding hydrogens is 312 g/mol. The number of nitrogens with zero attached hydrogens (tertiary/aromatic N) is 1. The van der Waals surface area contributed by atoms with Crippen LogP contribution in [0.4, 0.5) is 5.69 Å². The minimum atomic E-state index is -0.794. The number of benzene rings is 2. The summed E-state index contributed by atoms with van der Waals surface area (Å²) in [6, 6.07) is 13.6. The molecule has 4 heteroatoms. The zero-order chi connectivity index (χ0) is 17.8. The Hall–Kier alpha value is -2.46. The fourth-order valence-electron chi connectivity index (χ4n) is 4.29. The van der Waals surface area contributed by atoms with Gasteiger partial charge in [0.15, 0.2) is 5.78 Å². The quantitative estimate of drug-likeness (QED) is 0.859. The second-order valence-corrected chi connectivity index (χ2v) is 7.45. The molecule has 1 amide bonds. The SMILES string of the molecule is Cc1ccc(C(=O)[C@@H]2CN(C)C[C@@]23C(=O)Nc2ccc(C)cc23)cc1. The third kappa shape index (κ3) is 2.32. The van der Waals surface area contributed by atoms with E-state index in [1.807, 2.05) is 57.3 Å². The van der Waals surface area contributed by atoms with Crippen LogP contribution in [0, 0.1) is 19.8 Å². The first-order valence-electron chi connectivity index (χ1n) is 8.64. The lowest BCUT2D eigenvalue weighted by Gasteiger charge is -2.28. The van der Waals surface area contributed by atoms with E-state index in [2.05, 4.69) is 16.3 Å². The van der Waals surface area contributed by atoms with Crippen molar-refractivity contribution >= 4 is 17.4 Å². The number of fused-ring (bicyclic) bond motifs is 2. The number of carbonyl (C=O) groups excluding carboxylic acids is 2. The van der Waals surface area contributed by atoms with Crippen molar-refractivity contribution in [3.63, 3.8) is 0 Å². The van der Waals surface area contributed by atoms with Gasteiger partial charge in [-0.2, -0.15) is 0 Å². The maximum Gasteiger partial charge on any atom is 0.237 e. The summed E-state index contributed by atoms with van der Waals surface area (Å²) in [7, 11) is 1.98. The molecule has 2 atom stereocenters. The number of hydrogen-bond donors (Lipinski definition) is 1. The van der Waals surface area contributed by atoms with Crippen LogP contribution in [0.25, 0.3) is 0 Å². The topological polar surface area (TPSA) is 49.4 Å². The number of aryl methyl sites for hydroxylation is 2. The number of anilines is 1. The van der Waals surface area contributed by atoms with Crippen molar-refractivity contribution in [1.29, 1.82) is 0 Å². The normalized spacial score (nSPS) is 25.2. The molecule has 4 nitrogen and oxygen atoms in total. The molecule has 0 radical (unpaired) electrons. The van der Waals surface area contributed by atoms with Gasteiger partial charge in [-0.1, -0.05) is 47.5 Å². The van der Waals surface area contributed by atoms with Crippen molar-refractivity contribution in [2.45, 2.75) is 19.3 Å². The van der Waals surface area contributed by atoms with Crippen LogP contribution in [0.5, 0.6) is 0 Å². The lowest BCUT2D eigenvalue weighted by molar-refractivity contribution is -0.121. The molecule has 25 heavy (non-hydrogen) atoms. The van der Waals surface area contributed by atoms with Gasteiger partial charge in [0.05, 0.1) is 5.92 Å². The molecule has 1 N–H and O–H groups in total. The van der Waals surface area contributed by atoms with E-state index in [1.54, 1.807) is 0 Å². The van der Waals surface area contributed by atoms with Crippen LogP contribution < -0.4 is 5.32 Å². The lowest BCUT2D eigenvalue weighted by Crippen LogP contribution is -2.45. The summed E-state index contributed by atoms with van der Waals surface area (Å²) in [5.41, 5.74) is 3.91. The number of rotatable bonds is 2. The number of amides is 1. The summed E-state index contributed by atoms with van der Waals surface area (Å²) in [6.45, 7) is 5.18. The Bertz CT molecular complexity index is 872. The van der Waals surface area contributed by atoms with Crippen molar-refractivity contribution in [1.82, 2.24) is 4.90 Å². The Balaban J connectivity index is 1.83. The van der Waals surface area contributed by atoms with Gasteiger partial charge in [-0.3, -0.25) is 9.59 Å². The van der Waals surface area contributed by atoms with Gasteiger partial charge in [0, 0.05) is 24.3 Å². The highest BCUT2D eigenvalue weighted by Crippen LogP contribution is 2.48. The predicted molar refractivity (Wildman–Crippen MR) is 98.0 cm³/mol. The molecule has 2 aliphatic rings. The molecule has 1 saturated heterocycles. The molecule has 2 aromatic rings. The molecule has 2 aromatic carbocycles. The van der Waals surface area contributed by atoms with Gasteiger partial charge >= 0.3 is 0 Å². The van der Waals surface area contributed by atoms with Gasteiger partial charge in [0.1, 0.15) is 5.41 Å². The standard InChI is InChI=1S/C21H22N2O2/c1-13-4-7-15(8-5-13)19(24)17-11-23(3)12-21(17)16-10-14(2)6-9-18(16)22-20(21)25/h4-10,17H,11-12H2,1-3H3,(H,22,25)/t17-,21-/m0/s1. The van der Waals surface area contributed by atoms with Gasteiger partial charge in [0.25, 0.3) is 0 Å². The summed E-state index contributed by atoms with van der Waals surface area (Å²) in [5.74, 6) is -0.375. The Kier molecular flexibility index (Phi) is 3.55. The average molecular weight is 334 g/mol. The summed E-state index contributed by atoms with van der Waals surface area (Å²) in [6.07, 6.45) is 0. The molecule has 0 aliphatic carbocycles. The van der Waals surface area contributed by atoms with E-state index in [9.17, 15) is 9.59 Å². The largest absolute Gasteiger partial charge is 0.325 e.